The third-order valence-corrected chi connectivity index (χ3v) is 2.81. The summed E-state index contributed by atoms with van der Waals surface area (Å²) >= 11 is 5.68. The summed E-state index contributed by atoms with van der Waals surface area (Å²) in [5.74, 6) is -0.511. The van der Waals surface area contributed by atoms with Crippen LogP contribution in [0.3, 0.4) is 0 Å². The SMILES string of the molecule is COC(=O)c1ccc(Nc2ncnc(Cl)c2[N+](=O)[O-])cc1. The van der Waals surface area contributed by atoms with Crippen molar-refractivity contribution in [1.82, 2.24) is 9.97 Å². The molecule has 0 atom stereocenters. The molecule has 1 aromatic carbocycles. The van der Waals surface area contributed by atoms with Crippen LogP contribution in [0.1, 0.15) is 10.4 Å². The Morgan fingerprint density at radius 1 is 1.33 bits per heavy atom. The van der Waals surface area contributed by atoms with E-state index in [2.05, 4.69) is 20.0 Å². The number of anilines is 2. The number of aromatic nitrogens is 2. The second-order valence-electron chi connectivity index (χ2n) is 3.81. The molecule has 21 heavy (non-hydrogen) atoms. The fourth-order valence-corrected chi connectivity index (χ4v) is 1.76. The molecule has 0 saturated carbocycles. The van der Waals surface area contributed by atoms with Gasteiger partial charge in [-0.05, 0) is 24.3 Å². The Labute approximate surface area is 123 Å². The molecular formula is C12H9ClN4O4. The molecule has 0 saturated heterocycles. The Morgan fingerprint density at radius 3 is 2.57 bits per heavy atom. The van der Waals surface area contributed by atoms with Crippen LogP contribution in [0.15, 0.2) is 30.6 Å². The molecule has 0 aliphatic carbocycles. The number of nitrogens with zero attached hydrogens (tertiary/aromatic N) is 3. The number of ether oxygens (including phenoxy) is 1. The summed E-state index contributed by atoms with van der Waals surface area (Å²) in [6.45, 7) is 0. The molecule has 0 radical (unpaired) electrons. The van der Waals surface area contributed by atoms with Gasteiger partial charge in [0.05, 0.1) is 17.6 Å². The zero-order valence-electron chi connectivity index (χ0n) is 10.7. The van der Waals surface area contributed by atoms with Crippen molar-refractivity contribution in [3.8, 4) is 0 Å². The fourth-order valence-electron chi connectivity index (χ4n) is 1.55. The topological polar surface area (TPSA) is 107 Å². The van der Waals surface area contributed by atoms with Gasteiger partial charge in [0.25, 0.3) is 0 Å². The lowest BCUT2D eigenvalue weighted by Crippen LogP contribution is -2.03. The van der Waals surface area contributed by atoms with Crippen LogP contribution < -0.4 is 5.32 Å². The van der Waals surface area contributed by atoms with E-state index in [1.165, 1.54) is 19.2 Å². The third kappa shape index (κ3) is 3.23. The Kier molecular flexibility index (Phi) is 4.29. The van der Waals surface area contributed by atoms with Crippen LogP contribution >= 0.6 is 11.6 Å². The minimum Gasteiger partial charge on any atom is -0.465 e. The molecule has 0 fully saturated rings. The summed E-state index contributed by atoms with van der Waals surface area (Å²) in [6, 6.07) is 6.16. The van der Waals surface area contributed by atoms with Gasteiger partial charge in [0.1, 0.15) is 6.33 Å². The smallest absolute Gasteiger partial charge is 0.348 e. The van der Waals surface area contributed by atoms with Crippen LogP contribution in [-0.4, -0.2) is 28.0 Å². The number of carbonyl (C=O) groups is 1. The number of hydrogen-bond donors (Lipinski definition) is 1. The molecule has 8 nitrogen and oxygen atoms in total. The standard InChI is InChI=1S/C12H9ClN4O4/c1-21-12(18)7-2-4-8(5-3-7)16-11-9(17(19)20)10(13)14-6-15-11/h2-6H,1H3,(H,14,15,16). The monoisotopic (exact) mass is 308 g/mol. The fraction of sp³-hybridized carbons (Fsp3) is 0.0833. The van der Waals surface area contributed by atoms with Crippen molar-refractivity contribution in [1.29, 1.82) is 0 Å². The molecule has 9 heteroatoms. The van der Waals surface area contributed by atoms with Gasteiger partial charge < -0.3 is 10.1 Å². The third-order valence-electron chi connectivity index (χ3n) is 2.53. The first-order chi connectivity index (χ1) is 10.0. The summed E-state index contributed by atoms with van der Waals surface area (Å²) in [5.41, 5.74) is 0.440. The molecule has 0 unspecified atom stereocenters. The Balaban J connectivity index is 2.29. The maximum absolute atomic E-state index is 11.3. The molecule has 2 aromatic rings. The largest absolute Gasteiger partial charge is 0.465 e. The molecule has 1 aromatic heterocycles. The van der Waals surface area contributed by atoms with E-state index in [1.807, 2.05) is 0 Å². The molecule has 0 bridgehead atoms. The van der Waals surface area contributed by atoms with Gasteiger partial charge in [-0.15, -0.1) is 0 Å². The van der Waals surface area contributed by atoms with Crippen molar-refractivity contribution in [3.05, 3.63) is 51.4 Å². The highest BCUT2D eigenvalue weighted by Gasteiger charge is 2.21. The van der Waals surface area contributed by atoms with E-state index >= 15 is 0 Å². The van der Waals surface area contributed by atoms with Crippen molar-refractivity contribution in [3.63, 3.8) is 0 Å². The van der Waals surface area contributed by atoms with Crippen molar-refractivity contribution >= 4 is 34.8 Å². The number of rotatable bonds is 4. The van der Waals surface area contributed by atoms with Crippen LogP contribution in [0, 0.1) is 10.1 Å². The van der Waals surface area contributed by atoms with E-state index in [0.717, 1.165) is 6.33 Å². The molecule has 0 amide bonds. The summed E-state index contributed by atoms with van der Waals surface area (Å²) in [4.78, 5) is 28.9. The number of nitrogens with one attached hydrogen (secondary N) is 1. The van der Waals surface area contributed by atoms with Crippen molar-refractivity contribution in [2.45, 2.75) is 0 Å². The van der Waals surface area contributed by atoms with Crippen molar-refractivity contribution in [2.24, 2.45) is 0 Å². The number of nitro groups is 1. The second-order valence-corrected chi connectivity index (χ2v) is 4.17. The summed E-state index contributed by atoms with van der Waals surface area (Å²) in [6.07, 6.45) is 1.11. The average molecular weight is 309 g/mol. The van der Waals surface area contributed by atoms with E-state index in [4.69, 9.17) is 11.6 Å². The van der Waals surface area contributed by atoms with Crippen LogP contribution in [0.4, 0.5) is 17.2 Å². The van der Waals surface area contributed by atoms with Gasteiger partial charge in [-0.1, -0.05) is 11.6 Å². The predicted octanol–water partition coefficient (Wildman–Crippen LogP) is 2.57. The van der Waals surface area contributed by atoms with E-state index < -0.39 is 16.6 Å². The summed E-state index contributed by atoms with van der Waals surface area (Å²) < 4.78 is 4.57. The Bertz CT molecular complexity index is 690. The Morgan fingerprint density at radius 2 is 2.00 bits per heavy atom. The van der Waals surface area contributed by atoms with E-state index in [9.17, 15) is 14.9 Å². The molecular weight excluding hydrogens is 300 g/mol. The van der Waals surface area contributed by atoms with Crippen molar-refractivity contribution < 1.29 is 14.5 Å². The molecule has 0 aliphatic heterocycles. The van der Waals surface area contributed by atoms with Gasteiger partial charge in [0, 0.05) is 5.69 Å². The molecule has 108 valence electrons. The second kappa shape index (κ2) is 6.14. The summed E-state index contributed by atoms with van der Waals surface area (Å²) in [7, 11) is 1.28. The number of esters is 1. The van der Waals surface area contributed by atoms with Gasteiger partial charge in [0.15, 0.2) is 0 Å². The van der Waals surface area contributed by atoms with Crippen LogP contribution in [0.2, 0.25) is 5.15 Å². The first-order valence-electron chi connectivity index (χ1n) is 5.63. The van der Waals surface area contributed by atoms with Gasteiger partial charge in [-0.25, -0.2) is 14.8 Å². The lowest BCUT2D eigenvalue weighted by Gasteiger charge is -2.07. The van der Waals surface area contributed by atoms with Gasteiger partial charge in [0.2, 0.25) is 11.0 Å². The first kappa shape index (κ1) is 14.7. The molecule has 2 rings (SSSR count). The minimum absolute atomic E-state index is 0.0363. The number of benzene rings is 1. The normalized spacial score (nSPS) is 10.0. The van der Waals surface area contributed by atoms with Gasteiger partial charge in [-0.3, -0.25) is 10.1 Å². The number of hydrogen-bond acceptors (Lipinski definition) is 7. The summed E-state index contributed by atoms with van der Waals surface area (Å²) in [5, 5.41) is 13.4. The lowest BCUT2D eigenvalue weighted by atomic mass is 10.2. The van der Waals surface area contributed by atoms with Crippen LogP contribution in [0.25, 0.3) is 0 Å². The van der Waals surface area contributed by atoms with E-state index in [-0.39, 0.29) is 11.0 Å². The highest BCUT2D eigenvalue weighted by molar-refractivity contribution is 6.31. The van der Waals surface area contributed by atoms with Crippen molar-refractivity contribution in [2.75, 3.05) is 12.4 Å². The van der Waals surface area contributed by atoms with Gasteiger partial charge >= 0.3 is 11.7 Å². The molecule has 1 N–H and O–H groups in total. The highest BCUT2D eigenvalue weighted by Crippen LogP contribution is 2.30. The molecule has 1 heterocycles. The molecule has 0 spiro atoms. The Hall–Kier alpha value is -2.74. The first-order valence-corrected chi connectivity index (χ1v) is 6.01. The maximum atomic E-state index is 11.3. The zero-order chi connectivity index (χ0) is 15.4. The average Bonchev–Trinajstić information content (AvgIpc) is 2.47. The van der Waals surface area contributed by atoms with E-state index in [0.29, 0.717) is 11.3 Å². The molecule has 0 aliphatic rings. The van der Waals surface area contributed by atoms with Crippen LogP contribution in [-0.2, 0) is 4.74 Å². The number of methoxy groups -OCH3 is 1. The lowest BCUT2D eigenvalue weighted by molar-refractivity contribution is -0.384. The quantitative estimate of drug-likeness (QED) is 0.400. The maximum Gasteiger partial charge on any atom is 0.348 e. The predicted molar refractivity (Wildman–Crippen MR) is 74.8 cm³/mol. The highest BCUT2D eigenvalue weighted by atomic mass is 35.5. The minimum atomic E-state index is -0.673. The number of halogens is 1. The van der Waals surface area contributed by atoms with E-state index in [1.54, 1.807) is 12.1 Å². The zero-order valence-corrected chi connectivity index (χ0v) is 11.5. The number of carbonyl (C=O) groups excluding carboxylic acids is 1. The van der Waals surface area contributed by atoms with Gasteiger partial charge in [-0.2, -0.15) is 0 Å². The van der Waals surface area contributed by atoms with Crippen LogP contribution in [0.5, 0.6) is 0 Å².